The number of H-pyrrole nitrogens is 1. The number of aromatic amines is 1. The first-order chi connectivity index (χ1) is 18.8. The second-order valence-corrected chi connectivity index (χ2v) is 15.5. The summed E-state index contributed by atoms with van der Waals surface area (Å²) in [5, 5.41) is 24.8. The van der Waals surface area contributed by atoms with Gasteiger partial charge in [0.05, 0.1) is 17.9 Å². The van der Waals surface area contributed by atoms with Crippen LogP contribution in [0.15, 0.2) is 36.7 Å². The lowest BCUT2D eigenvalue weighted by molar-refractivity contribution is 0.390. The van der Waals surface area contributed by atoms with Gasteiger partial charge in [-0.15, -0.1) is 0 Å². The van der Waals surface area contributed by atoms with Crippen LogP contribution in [0.1, 0.15) is 45.7 Å². The van der Waals surface area contributed by atoms with Crippen LogP contribution < -0.4 is 0 Å². The minimum atomic E-state index is -3.95. The molecule has 0 saturated carbocycles. The highest BCUT2D eigenvalue weighted by Crippen LogP contribution is 2.36. The third kappa shape index (κ3) is 7.35. The third-order valence-corrected chi connectivity index (χ3v) is 13.3. The molecular formula is C22H19Br4ClN6O6S2. The summed E-state index contributed by atoms with van der Waals surface area (Å²) in [5.74, 6) is 0.407. The number of aromatic nitrogens is 4. The summed E-state index contributed by atoms with van der Waals surface area (Å²) in [4.78, 5) is 2.86. The third-order valence-electron chi connectivity index (χ3n) is 5.18. The molecule has 4 aromatic heterocycles. The molecule has 0 bridgehead atoms. The quantitative estimate of drug-likeness (QED) is 0.211. The van der Waals surface area contributed by atoms with Crippen LogP contribution in [0.3, 0.4) is 0 Å². The smallest absolute Gasteiger partial charge is 0.274 e. The van der Waals surface area contributed by atoms with Crippen molar-refractivity contribution in [2.24, 2.45) is 0 Å². The first kappa shape index (κ1) is 35.3. The lowest BCUT2D eigenvalue weighted by Gasteiger charge is -2.08. The van der Waals surface area contributed by atoms with Gasteiger partial charge in [-0.05, 0) is 105 Å². The van der Waals surface area contributed by atoms with Crippen LogP contribution in [0.2, 0.25) is 0 Å². The molecule has 0 atom stereocenters. The Kier molecular flexibility index (Phi) is 11.7. The summed E-state index contributed by atoms with van der Waals surface area (Å²) in [5.41, 5.74) is 2.46. The van der Waals surface area contributed by atoms with E-state index in [0.29, 0.717) is 20.3 Å². The number of rotatable bonds is 3. The van der Waals surface area contributed by atoms with E-state index >= 15 is 0 Å². The Labute approximate surface area is 274 Å². The van der Waals surface area contributed by atoms with Crippen molar-refractivity contribution in [1.29, 1.82) is 10.5 Å². The number of aryl methyl sites for hydroxylation is 5. The number of hydrogen-bond donors (Lipinski definition) is 1. The zero-order valence-corrected chi connectivity index (χ0v) is 30.6. The van der Waals surface area contributed by atoms with Crippen LogP contribution in [0, 0.1) is 64.2 Å². The van der Waals surface area contributed by atoms with Crippen molar-refractivity contribution in [3.8, 4) is 12.1 Å². The van der Waals surface area contributed by atoms with Crippen molar-refractivity contribution in [2.45, 2.75) is 51.3 Å². The highest BCUT2D eigenvalue weighted by molar-refractivity contribution is 9.13. The molecule has 0 saturated heterocycles. The van der Waals surface area contributed by atoms with E-state index in [2.05, 4.69) is 83.5 Å². The van der Waals surface area contributed by atoms with Crippen LogP contribution in [0.25, 0.3) is 0 Å². The first-order valence-electron chi connectivity index (χ1n) is 10.8. The van der Waals surface area contributed by atoms with Crippen LogP contribution in [-0.4, -0.2) is 36.1 Å². The Morgan fingerprint density at radius 1 is 0.780 bits per heavy atom. The van der Waals surface area contributed by atoms with Gasteiger partial charge in [-0.25, -0.2) is 20.8 Å². The minimum absolute atomic E-state index is 0.00521. The van der Waals surface area contributed by atoms with Crippen molar-refractivity contribution in [2.75, 3.05) is 0 Å². The molecule has 0 aliphatic heterocycles. The van der Waals surface area contributed by atoms with E-state index in [1.807, 2.05) is 19.1 Å². The second-order valence-electron chi connectivity index (χ2n) is 8.05. The van der Waals surface area contributed by atoms with E-state index < -0.39 is 19.1 Å². The van der Waals surface area contributed by atoms with Gasteiger partial charge in [-0.2, -0.15) is 10.5 Å². The average Bonchev–Trinajstić information content (AvgIpc) is 3.56. The molecule has 0 aliphatic carbocycles. The van der Waals surface area contributed by atoms with E-state index in [9.17, 15) is 22.1 Å². The first-order valence-corrected chi connectivity index (χ1v) is 17.7. The minimum Gasteiger partial charge on any atom is -0.360 e. The predicted molar refractivity (Wildman–Crippen MR) is 163 cm³/mol. The maximum absolute atomic E-state index is 12.8. The molecule has 0 aliphatic rings. The van der Waals surface area contributed by atoms with Gasteiger partial charge in [-0.1, -0.05) is 10.3 Å². The fourth-order valence-electron chi connectivity index (χ4n) is 3.41. The van der Waals surface area contributed by atoms with Gasteiger partial charge in [0.2, 0.25) is 0 Å². The van der Waals surface area contributed by atoms with Crippen molar-refractivity contribution in [3.63, 3.8) is 0 Å². The van der Waals surface area contributed by atoms with Crippen molar-refractivity contribution in [3.05, 3.63) is 63.6 Å². The van der Waals surface area contributed by atoms with Crippen LogP contribution in [0.4, 0.5) is 0 Å². The normalized spacial score (nSPS) is 11.1. The lowest BCUT2D eigenvalue weighted by Crippen LogP contribution is -2.17. The molecule has 19 heteroatoms. The highest BCUT2D eigenvalue weighted by atomic mass is 79.9. The number of nitrogens with one attached hydrogen (secondary N) is 1. The van der Waals surface area contributed by atoms with Gasteiger partial charge < -0.3 is 14.0 Å². The standard InChI is InChI=1S/C11H9Br2N3O3S.C6H4Br2N2.C5H6ClNO3S/c1-5-11(7(3)19-15-5)20(17,18)16-6(2)9(12)10(13)8(16)4-14;1-3-5(7)6(8)4(2-9)10-3;1-3-5(11(6,8)9)4(2)10-7-3/h1-3H3;10H,1H3;1-2H3. The SMILES string of the molecule is Cc1[nH]c(C#N)c(Br)c1Br.Cc1noc(C)c1S(=O)(=O)Cl.Cc1noc(C)c1S(=O)(=O)n1c(C)c(Br)c(Br)c1C#N. The van der Waals surface area contributed by atoms with Crippen LogP contribution in [-0.2, 0) is 19.1 Å². The van der Waals surface area contributed by atoms with Crippen molar-refractivity contribution >= 4 is 93.5 Å². The Morgan fingerprint density at radius 2 is 1.27 bits per heavy atom. The van der Waals surface area contributed by atoms with Crippen LogP contribution >= 0.6 is 74.4 Å². The maximum Gasteiger partial charge on any atom is 0.274 e. The van der Waals surface area contributed by atoms with E-state index in [1.54, 1.807) is 13.8 Å². The molecule has 0 spiro atoms. The zero-order valence-electron chi connectivity index (χ0n) is 21.9. The van der Waals surface area contributed by atoms with E-state index in [-0.39, 0.29) is 38.4 Å². The number of nitrogens with zero attached hydrogens (tertiary/aromatic N) is 5. The monoisotopic (exact) mass is 878 g/mol. The summed E-state index contributed by atoms with van der Waals surface area (Å²) in [6.07, 6.45) is 0. The Balaban J connectivity index is 0.000000236. The van der Waals surface area contributed by atoms with Crippen molar-refractivity contribution < 1.29 is 25.9 Å². The summed E-state index contributed by atoms with van der Waals surface area (Å²) in [6, 6.07) is 3.91. The average molecular weight is 883 g/mol. The summed E-state index contributed by atoms with van der Waals surface area (Å²) in [6.45, 7) is 9.57. The summed E-state index contributed by atoms with van der Waals surface area (Å²) >= 11 is 13.0. The molecule has 41 heavy (non-hydrogen) atoms. The topological polar surface area (TPSA) is 189 Å². The summed E-state index contributed by atoms with van der Waals surface area (Å²) < 4.78 is 60.3. The van der Waals surface area contributed by atoms with Gasteiger partial charge >= 0.3 is 0 Å². The van der Waals surface area contributed by atoms with Crippen molar-refractivity contribution in [1.82, 2.24) is 19.3 Å². The molecule has 4 heterocycles. The second kappa shape index (κ2) is 13.6. The molecular weight excluding hydrogens is 863 g/mol. The molecule has 0 amide bonds. The number of hydrogen-bond acceptors (Lipinski definition) is 10. The highest BCUT2D eigenvalue weighted by Gasteiger charge is 2.32. The molecule has 1 N–H and O–H groups in total. The Morgan fingerprint density at radius 3 is 1.56 bits per heavy atom. The zero-order chi connectivity index (χ0) is 31.6. The van der Waals surface area contributed by atoms with Gasteiger partial charge in [0, 0.05) is 22.1 Å². The van der Waals surface area contributed by atoms with Gasteiger partial charge in [0.1, 0.15) is 39.8 Å². The molecule has 4 rings (SSSR count). The van der Waals surface area contributed by atoms with Crippen LogP contribution in [0.5, 0.6) is 0 Å². The maximum atomic E-state index is 12.8. The fraction of sp³-hybridized carbons (Fsp3) is 0.273. The molecule has 0 radical (unpaired) electrons. The van der Waals surface area contributed by atoms with Gasteiger partial charge in [-0.3, -0.25) is 0 Å². The fourth-order valence-corrected chi connectivity index (χ4v) is 8.59. The largest absolute Gasteiger partial charge is 0.360 e. The van der Waals surface area contributed by atoms with E-state index in [4.69, 9.17) is 20.5 Å². The Bertz CT molecular complexity index is 1890. The number of nitriles is 2. The molecule has 0 fully saturated rings. The molecule has 220 valence electrons. The molecule has 4 aromatic rings. The molecule has 12 nitrogen and oxygen atoms in total. The summed E-state index contributed by atoms with van der Waals surface area (Å²) in [7, 11) is -2.58. The van der Waals surface area contributed by atoms with Gasteiger partial charge in [0.25, 0.3) is 19.1 Å². The van der Waals surface area contributed by atoms with Gasteiger partial charge in [0.15, 0.2) is 16.4 Å². The Hall–Kier alpha value is -1.93. The van der Waals surface area contributed by atoms with E-state index in [1.165, 1.54) is 20.8 Å². The lowest BCUT2D eigenvalue weighted by atomic mass is 10.4. The van der Waals surface area contributed by atoms with E-state index in [0.717, 1.165) is 18.6 Å². The molecule has 0 unspecified atom stereocenters. The molecule has 0 aromatic carbocycles. The number of halogens is 5. The predicted octanol–water partition coefficient (Wildman–Crippen LogP) is 6.97.